The van der Waals surface area contributed by atoms with Crippen molar-refractivity contribution in [2.24, 2.45) is 0 Å². The summed E-state index contributed by atoms with van der Waals surface area (Å²) in [6, 6.07) is 0. The standard InChI is InChI=1S/C10H11NO2/c12-6-7-4-8-9(11-5-7)2-1-3-10(8)13/h4,6,11H,1-3,5H2. The molecular formula is C10H11NO2. The number of allylic oxidation sites excluding steroid dienone is 3. The minimum Gasteiger partial charge on any atom is -0.384 e. The Bertz CT molecular complexity index is 326. The van der Waals surface area contributed by atoms with Gasteiger partial charge >= 0.3 is 0 Å². The first-order valence-corrected chi connectivity index (χ1v) is 4.47. The van der Waals surface area contributed by atoms with Crippen LogP contribution in [0, 0.1) is 0 Å². The van der Waals surface area contributed by atoms with Gasteiger partial charge in [0.05, 0.1) is 0 Å². The highest BCUT2D eigenvalue weighted by Gasteiger charge is 2.21. The lowest BCUT2D eigenvalue weighted by atomic mass is 9.91. The SMILES string of the molecule is O=CC1=CC2=C(CCCC2=O)NC1. The zero-order valence-electron chi connectivity index (χ0n) is 7.30. The first-order valence-electron chi connectivity index (χ1n) is 4.47. The molecule has 0 aromatic carbocycles. The maximum atomic E-state index is 11.4. The van der Waals surface area contributed by atoms with Crippen LogP contribution >= 0.6 is 0 Å². The number of nitrogens with one attached hydrogen (secondary N) is 1. The summed E-state index contributed by atoms with van der Waals surface area (Å²) in [5, 5.41) is 3.11. The van der Waals surface area contributed by atoms with Crippen molar-refractivity contribution in [3.05, 3.63) is 22.9 Å². The van der Waals surface area contributed by atoms with E-state index in [4.69, 9.17) is 0 Å². The van der Waals surface area contributed by atoms with E-state index in [1.54, 1.807) is 6.08 Å². The molecule has 1 N–H and O–H groups in total. The fourth-order valence-electron chi connectivity index (χ4n) is 1.74. The second-order valence-electron chi connectivity index (χ2n) is 3.36. The van der Waals surface area contributed by atoms with Gasteiger partial charge in [-0.1, -0.05) is 0 Å². The smallest absolute Gasteiger partial charge is 0.164 e. The normalized spacial score (nSPS) is 21.8. The topological polar surface area (TPSA) is 46.2 Å². The van der Waals surface area contributed by atoms with Gasteiger partial charge in [0, 0.05) is 29.8 Å². The summed E-state index contributed by atoms with van der Waals surface area (Å²) in [6.07, 6.45) is 5.00. The van der Waals surface area contributed by atoms with E-state index in [2.05, 4.69) is 5.32 Å². The van der Waals surface area contributed by atoms with Gasteiger partial charge in [0.1, 0.15) is 6.29 Å². The number of ketones is 1. The number of aldehydes is 1. The van der Waals surface area contributed by atoms with Crippen molar-refractivity contribution >= 4 is 12.1 Å². The maximum absolute atomic E-state index is 11.4. The molecule has 0 radical (unpaired) electrons. The Kier molecular flexibility index (Phi) is 2.00. The van der Waals surface area contributed by atoms with Gasteiger partial charge in [0.2, 0.25) is 0 Å². The second kappa shape index (κ2) is 3.17. The quantitative estimate of drug-likeness (QED) is 0.600. The molecule has 1 aliphatic heterocycles. The van der Waals surface area contributed by atoms with E-state index in [0.29, 0.717) is 18.5 Å². The highest BCUT2D eigenvalue weighted by atomic mass is 16.1. The fourth-order valence-corrected chi connectivity index (χ4v) is 1.74. The lowest BCUT2D eigenvalue weighted by Gasteiger charge is -2.22. The third-order valence-corrected chi connectivity index (χ3v) is 2.44. The van der Waals surface area contributed by atoms with Crippen LogP contribution in [-0.2, 0) is 9.59 Å². The molecular weight excluding hydrogens is 166 g/mol. The van der Waals surface area contributed by atoms with Crippen molar-refractivity contribution in [2.45, 2.75) is 19.3 Å². The number of carbonyl (C=O) groups excluding carboxylic acids is 2. The van der Waals surface area contributed by atoms with Crippen LogP contribution in [0.3, 0.4) is 0 Å². The van der Waals surface area contributed by atoms with Crippen LogP contribution in [0.5, 0.6) is 0 Å². The molecule has 1 aliphatic carbocycles. The molecule has 0 fully saturated rings. The number of rotatable bonds is 1. The van der Waals surface area contributed by atoms with Gasteiger partial charge in [0.15, 0.2) is 5.78 Å². The monoisotopic (exact) mass is 177 g/mol. The molecule has 13 heavy (non-hydrogen) atoms. The molecule has 2 rings (SSSR count). The number of hydrogen-bond donors (Lipinski definition) is 1. The summed E-state index contributed by atoms with van der Waals surface area (Å²) >= 11 is 0. The van der Waals surface area contributed by atoms with E-state index >= 15 is 0 Å². The van der Waals surface area contributed by atoms with E-state index in [1.165, 1.54) is 0 Å². The summed E-state index contributed by atoms with van der Waals surface area (Å²) in [7, 11) is 0. The lowest BCUT2D eigenvalue weighted by molar-refractivity contribution is -0.115. The molecule has 3 heteroatoms. The van der Waals surface area contributed by atoms with Crippen molar-refractivity contribution in [1.82, 2.24) is 5.32 Å². The van der Waals surface area contributed by atoms with Gasteiger partial charge in [-0.2, -0.15) is 0 Å². The average molecular weight is 177 g/mol. The van der Waals surface area contributed by atoms with Crippen LogP contribution in [0.15, 0.2) is 22.9 Å². The van der Waals surface area contributed by atoms with E-state index in [9.17, 15) is 9.59 Å². The molecule has 0 aromatic rings. The number of dihydropyridines is 1. The van der Waals surface area contributed by atoms with Gasteiger partial charge in [-0.15, -0.1) is 0 Å². The van der Waals surface area contributed by atoms with Crippen LogP contribution in [0.25, 0.3) is 0 Å². The van der Waals surface area contributed by atoms with Crippen molar-refractivity contribution in [2.75, 3.05) is 6.54 Å². The Balaban J connectivity index is 2.37. The molecule has 1 heterocycles. The number of carbonyl (C=O) groups is 2. The van der Waals surface area contributed by atoms with Crippen LogP contribution in [-0.4, -0.2) is 18.6 Å². The third kappa shape index (κ3) is 1.41. The number of Topliss-reactive ketones (excluding diaryl/α,β-unsaturated/α-hetero) is 1. The largest absolute Gasteiger partial charge is 0.384 e. The maximum Gasteiger partial charge on any atom is 0.164 e. The Labute approximate surface area is 76.5 Å². The zero-order chi connectivity index (χ0) is 9.26. The van der Waals surface area contributed by atoms with Gasteiger partial charge in [0.25, 0.3) is 0 Å². The van der Waals surface area contributed by atoms with Gasteiger partial charge < -0.3 is 5.32 Å². The summed E-state index contributed by atoms with van der Waals surface area (Å²) in [6.45, 7) is 0.565. The Morgan fingerprint density at radius 1 is 1.38 bits per heavy atom. The van der Waals surface area contributed by atoms with Crippen LogP contribution in [0.2, 0.25) is 0 Å². The molecule has 0 saturated heterocycles. The molecule has 0 atom stereocenters. The molecule has 68 valence electrons. The average Bonchev–Trinajstić information content (AvgIpc) is 2.18. The number of hydrogen-bond acceptors (Lipinski definition) is 3. The summed E-state index contributed by atoms with van der Waals surface area (Å²) < 4.78 is 0. The second-order valence-corrected chi connectivity index (χ2v) is 3.36. The zero-order valence-corrected chi connectivity index (χ0v) is 7.30. The summed E-state index contributed by atoms with van der Waals surface area (Å²) in [5.74, 6) is 0.160. The predicted octanol–water partition coefficient (Wildman–Crippen LogP) is 0.722. The van der Waals surface area contributed by atoms with Crippen molar-refractivity contribution in [3.8, 4) is 0 Å². The highest BCUT2D eigenvalue weighted by Crippen LogP contribution is 2.24. The third-order valence-electron chi connectivity index (χ3n) is 2.44. The van der Waals surface area contributed by atoms with Crippen molar-refractivity contribution < 1.29 is 9.59 Å². The van der Waals surface area contributed by atoms with Crippen LogP contribution in [0.4, 0.5) is 0 Å². The highest BCUT2D eigenvalue weighted by molar-refractivity contribution is 6.01. The van der Waals surface area contributed by atoms with E-state index < -0.39 is 0 Å². The van der Waals surface area contributed by atoms with Crippen molar-refractivity contribution in [3.63, 3.8) is 0 Å². The molecule has 3 nitrogen and oxygen atoms in total. The van der Waals surface area contributed by atoms with E-state index in [1.807, 2.05) is 0 Å². The predicted molar refractivity (Wildman–Crippen MR) is 48.0 cm³/mol. The summed E-state index contributed by atoms with van der Waals surface area (Å²) in [5.41, 5.74) is 2.40. The molecule has 0 saturated carbocycles. The molecule has 0 unspecified atom stereocenters. The van der Waals surface area contributed by atoms with Crippen LogP contribution in [0.1, 0.15) is 19.3 Å². The van der Waals surface area contributed by atoms with Gasteiger partial charge in [-0.3, -0.25) is 9.59 Å². The molecule has 0 amide bonds. The summed E-state index contributed by atoms with van der Waals surface area (Å²) in [4.78, 5) is 21.9. The molecule has 2 aliphatic rings. The Hall–Kier alpha value is -1.38. The van der Waals surface area contributed by atoms with Gasteiger partial charge in [-0.05, 0) is 18.9 Å². The fraction of sp³-hybridized carbons (Fsp3) is 0.400. The lowest BCUT2D eigenvalue weighted by Crippen LogP contribution is -2.27. The minimum atomic E-state index is 0.160. The molecule has 0 aromatic heterocycles. The molecule has 0 bridgehead atoms. The van der Waals surface area contributed by atoms with Crippen molar-refractivity contribution in [1.29, 1.82) is 0 Å². The first-order chi connectivity index (χ1) is 6.31. The van der Waals surface area contributed by atoms with E-state index in [-0.39, 0.29) is 5.78 Å². The van der Waals surface area contributed by atoms with Gasteiger partial charge in [-0.25, -0.2) is 0 Å². The first kappa shape index (κ1) is 8.23. The van der Waals surface area contributed by atoms with E-state index in [0.717, 1.165) is 30.4 Å². The Morgan fingerprint density at radius 2 is 2.23 bits per heavy atom. The minimum absolute atomic E-state index is 0.160. The van der Waals surface area contributed by atoms with Crippen LogP contribution < -0.4 is 5.32 Å². The Morgan fingerprint density at radius 3 is 3.00 bits per heavy atom. The molecule has 0 spiro atoms.